The van der Waals surface area contributed by atoms with E-state index in [9.17, 15) is 4.79 Å². The number of aromatic amines is 1. The molecule has 7 heteroatoms. The highest BCUT2D eigenvalue weighted by atomic mass is 32.1. The molecule has 0 saturated carbocycles. The third-order valence-electron chi connectivity index (χ3n) is 2.73. The summed E-state index contributed by atoms with van der Waals surface area (Å²) in [4.78, 5) is 11.9. The summed E-state index contributed by atoms with van der Waals surface area (Å²) >= 11 is 4.99. The molecule has 19 heavy (non-hydrogen) atoms. The predicted octanol–water partition coefficient (Wildman–Crippen LogP) is 1.42. The molecule has 0 saturated heterocycles. The van der Waals surface area contributed by atoms with Crippen LogP contribution in [0.3, 0.4) is 0 Å². The summed E-state index contributed by atoms with van der Waals surface area (Å²) in [5.74, 6) is 1.22. The number of hydrogen-bond donors (Lipinski definition) is 2. The molecule has 2 N–H and O–H groups in total. The molecule has 2 rings (SSSR count). The Bertz CT molecular complexity index is 630. The normalized spacial score (nSPS) is 10.2. The highest BCUT2D eigenvalue weighted by Crippen LogP contribution is 2.11. The maximum absolute atomic E-state index is 11.9. The molecule has 1 heterocycles. The first-order chi connectivity index (χ1) is 9.11. The Kier molecular flexibility index (Phi) is 3.96. The van der Waals surface area contributed by atoms with E-state index in [1.54, 1.807) is 43.0 Å². The molecule has 0 aliphatic rings. The third kappa shape index (κ3) is 3.00. The standard InChI is InChI=1S/C12H14N4O2S/c1-16-10(14-15-12(16)19)7-13-11(17)8-3-5-9(18-2)6-4-8/h3-6H,7H2,1-2H3,(H,13,17)(H,15,19). The van der Waals surface area contributed by atoms with Crippen LogP contribution in [0.5, 0.6) is 5.75 Å². The summed E-state index contributed by atoms with van der Waals surface area (Å²) in [6, 6.07) is 6.89. The molecule has 0 spiro atoms. The van der Waals surface area contributed by atoms with Crippen LogP contribution < -0.4 is 10.1 Å². The number of methoxy groups -OCH3 is 1. The van der Waals surface area contributed by atoms with Crippen molar-refractivity contribution in [1.82, 2.24) is 20.1 Å². The minimum absolute atomic E-state index is 0.170. The van der Waals surface area contributed by atoms with Crippen LogP contribution in [0.25, 0.3) is 0 Å². The van der Waals surface area contributed by atoms with Crippen LogP contribution in [-0.4, -0.2) is 27.8 Å². The number of benzene rings is 1. The summed E-state index contributed by atoms with van der Waals surface area (Å²) in [6.07, 6.45) is 0. The molecular formula is C12H14N4O2S. The van der Waals surface area contributed by atoms with Gasteiger partial charge in [-0.2, -0.15) is 5.10 Å². The van der Waals surface area contributed by atoms with Crippen LogP contribution in [0.1, 0.15) is 16.2 Å². The van der Waals surface area contributed by atoms with Crippen molar-refractivity contribution in [2.24, 2.45) is 7.05 Å². The molecule has 0 unspecified atom stereocenters. The molecule has 0 aliphatic heterocycles. The molecule has 1 amide bonds. The number of nitrogens with one attached hydrogen (secondary N) is 2. The Morgan fingerprint density at radius 2 is 2.16 bits per heavy atom. The Hall–Kier alpha value is -2.15. The summed E-state index contributed by atoms with van der Waals surface area (Å²) in [5.41, 5.74) is 0.567. The van der Waals surface area contributed by atoms with Crippen molar-refractivity contribution in [3.8, 4) is 5.75 Å². The van der Waals surface area contributed by atoms with Crippen molar-refractivity contribution < 1.29 is 9.53 Å². The predicted molar refractivity (Wildman–Crippen MR) is 72.6 cm³/mol. The minimum Gasteiger partial charge on any atom is -0.497 e. The summed E-state index contributed by atoms with van der Waals surface area (Å²) < 4.78 is 7.27. The van der Waals surface area contributed by atoms with E-state index >= 15 is 0 Å². The zero-order valence-electron chi connectivity index (χ0n) is 10.6. The number of carbonyl (C=O) groups excluding carboxylic acids is 1. The fourth-order valence-electron chi connectivity index (χ4n) is 1.54. The van der Waals surface area contributed by atoms with Crippen molar-refractivity contribution in [3.63, 3.8) is 0 Å². The molecule has 0 aliphatic carbocycles. The molecule has 0 atom stereocenters. The number of hydrogen-bond acceptors (Lipinski definition) is 4. The average molecular weight is 278 g/mol. The Balaban J connectivity index is 2.01. The fraction of sp³-hybridized carbons (Fsp3) is 0.250. The Morgan fingerprint density at radius 1 is 1.47 bits per heavy atom. The average Bonchev–Trinajstić information content (AvgIpc) is 2.76. The zero-order chi connectivity index (χ0) is 13.8. The number of ether oxygens (including phenoxy) is 1. The van der Waals surface area contributed by atoms with E-state index < -0.39 is 0 Å². The number of nitrogens with zero attached hydrogens (tertiary/aromatic N) is 2. The van der Waals surface area contributed by atoms with Crippen LogP contribution in [0.2, 0.25) is 0 Å². The summed E-state index contributed by atoms with van der Waals surface area (Å²) in [6.45, 7) is 0.314. The lowest BCUT2D eigenvalue weighted by Crippen LogP contribution is -2.24. The van der Waals surface area contributed by atoms with E-state index in [0.717, 1.165) is 0 Å². The van der Waals surface area contributed by atoms with Gasteiger partial charge < -0.3 is 14.6 Å². The molecule has 0 bridgehead atoms. The quantitative estimate of drug-likeness (QED) is 0.830. The van der Waals surface area contributed by atoms with Crippen LogP contribution in [0.4, 0.5) is 0 Å². The lowest BCUT2D eigenvalue weighted by Gasteiger charge is -2.05. The first-order valence-electron chi connectivity index (χ1n) is 5.64. The molecule has 100 valence electrons. The second-order valence-corrected chi connectivity index (χ2v) is 4.30. The van der Waals surface area contributed by atoms with Crippen LogP contribution in [0, 0.1) is 4.77 Å². The van der Waals surface area contributed by atoms with Crippen LogP contribution in [-0.2, 0) is 13.6 Å². The highest BCUT2D eigenvalue weighted by Gasteiger charge is 2.07. The van der Waals surface area contributed by atoms with E-state index in [1.807, 2.05) is 0 Å². The third-order valence-corrected chi connectivity index (χ3v) is 3.10. The van der Waals surface area contributed by atoms with Gasteiger partial charge in [0.15, 0.2) is 10.6 Å². The number of rotatable bonds is 4. The number of aromatic nitrogens is 3. The Labute approximate surface area is 115 Å². The molecule has 2 aromatic rings. The molecule has 1 aromatic carbocycles. The molecular weight excluding hydrogens is 264 g/mol. The van der Waals surface area contributed by atoms with Gasteiger partial charge in [-0.15, -0.1) is 0 Å². The first-order valence-corrected chi connectivity index (χ1v) is 6.05. The fourth-order valence-corrected chi connectivity index (χ4v) is 1.69. The summed E-state index contributed by atoms with van der Waals surface area (Å²) in [7, 11) is 3.37. The SMILES string of the molecule is COc1ccc(C(=O)NCc2n[nH]c(=S)n2C)cc1. The zero-order valence-corrected chi connectivity index (χ0v) is 11.5. The van der Waals surface area contributed by atoms with Gasteiger partial charge in [0, 0.05) is 12.6 Å². The van der Waals surface area contributed by atoms with E-state index in [0.29, 0.717) is 28.5 Å². The second kappa shape index (κ2) is 5.66. The minimum atomic E-state index is -0.170. The van der Waals surface area contributed by atoms with Crippen molar-refractivity contribution in [3.05, 3.63) is 40.4 Å². The molecule has 1 aromatic heterocycles. The van der Waals surface area contributed by atoms with Crippen molar-refractivity contribution >= 4 is 18.1 Å². The lowest BCUT2D eigenvalue weighted by molar-refractivity contribution is 0.0949. The monoisotopic (exact) mass is 278 g/mol. The lowest BCUT2D eigenvalue weighted by atomic mass is 10.2. The maximum atomic E-state index is 11.9. The molecule has 0 fully saturated rings. The van der Waals surface area contributed by atoms with Gasteiger partial charge in [0.25, 0.3) is 5.91 Å². The second-order valence-electron chi connectivity index (χ2n) is 3.92. The Morgan fingerprint density at radius 3 is 2.68 bits per heavy atom. The highest BCUT2D eigenvalue weighted by molar-refractivity contribution is 7.71. The summed E-state index contributed by atoms with van der Waals surface area (Å²) in [5, 5.41) is 9.46. The number of carbonyl (C=O) groups is 1. The van der Waals surface area contributed by atoms with Gasteiger partial charge >= 0.3 is 0 Å². The maximum Gasteiger partial charge on any atom is 0.251 e. The van der Waals surface area contributed by atoms with Gasteiger partial charge in [0.05, 0.1) is 13.7 Å². The van der Waals surface area contributed by atoms with Gasteiger partial charge in [-0.3, -0.25) is 9.89 Å². The van der Waals surface area contributed by atoms with E-state index in [-0.39, 0.29) is 5.91 Å². The first kappa shape index (κ1) is 13.3. The van der Waals surface area contributed by atoms with E-state index in [2.05, 4.69) is 15.5 Å². The van der Waals surface area contributed by atoms with Crippen molar-refractivity contribution in [2.75, 3.05) is 7.11 Å². The van der Waals surface area contributed by atoms with Gasteiger partial charge in [0.2, 0.25) is 0 Å². The molecule has 6 nitrogen and oxygen atoms in total. The van der Waals surface area contributed by atoms with E-state index in [4.69, 9.17) is 17.0 Å². The van der Waals surface area contributed by atoms with Crippen LogP contribution >= 0.6 is 12.2 Å². The van der Waals surface area contributed by atoms with Gasteiger partial charge in [-0.1, -0.05) is 0 Å². The number of H-pyrrole nitrogens is 1. The van der Waals surface area contributed by atoms with Crippen LogP contribution in [0.15, 0.2) is 24.3 Å². The van der Waals surface area contributed by atoms with Gasteiger partial charge in [-0.05, 0) is 36.5 Å². The number of amides is 1. The van der Waals surface area contributed by atoms with Crippen molar-refractivity contribution in [2.45, 2.75) is 6.54 Å². The topological polar surface area (TPSA) is 71.9 Å². The van der Waals surface area contributed by atoms with Gasteiger partial charge in [0.1, 0.15) is 5.75 Å². The van der Waals surface area contributed by atoms with Gasteiger partial charge in [-0.25, -0.2) is 0 Å². The van der Waals surface area contributed by atoms with E-state index in [1.165, 1.54) is 0 Å². The molecule has 0 radical (unpaired) electrons. The largest absolute Gasteiger partial charge is 0.497 e. The smallest absolute Gasteiger partial charge is 0.251 e. The van der Waals surface area contributed by atoms with Crippen molar-refractivity contribution in [1.29, 1.82) is 0 Å².